The van der Waals surface area contributed by atoms with Gasteiger partial charge >= 0.3 is 5.97 Å². The first-order valence-electron chi connectivity index (χ1n) is 6.20. The number of aliphatic carboxylic acids is 1. The number of nitrogens with two attached hydrogens (primary N) is 1. The molecule has 0 radical (unpaired) electrons. The number of carboxylic acid groups (broad SMARTS) is 1. The molecule has 2 atom stereocenters. The van der Waals surface area contributed by atoms with Gasteiger partial charge < -0.3 is 20.9 Å². The first kappa shape index (κ1) is 15.5. The third kappa shape index (κ3) is 3.68. The van der Waals surface area contributed by atoms with Crippen molar-refractivity contribution < 1.29 is 14.6 Å². The molecule has 0 heterocycles. The van der Waals surface area contributed by atoms with E-state index in [4.69, 9.17) is 15.6 Å². The molecule has 1 aromatic rings. The zero-order chi connectivity index (χ0) is 14.6. The highest BCUT2D eigenvalue weighted by molar-refractivity contribution is 5.67. The quantitative estimate of drug-likeness (QED) is 0.724. The molecule has 1 rings (SSSR count). The van der Waals surface area contributed by atoms with E-state index in [-0.39, 0.29) is 12.5 Å². The number of hydrogen-bond acceptors (Lipinski definition) is 4. The summed E-state index contributed by atoms with van der Waals surface area (Å²) in [7, 11) is 3.37. The van der Waals surface area contributed by atoms with Gasteiger partial charge in [0.2, 0.25) is 0 Å². The molecule has 0 saturated heterocycles. The van der Waals surface area contributed by atoms with Crippen LogP contribution in [0.3, 0.4) is 0 Å². The fraction of sp³-hybridized carbons (Fsp3) is 0.500. The van der Waals surface area contributed by atoms with Crippen LogP contribution in [0.4, 0.5) is 0 Å². The van der Waals surface area contributed by atoms with E-state index in [1.807, 2.05) is 26.0 Å². The van der Waals surface area contributed by atoms with E-state index in [9.17, 15) is 4.79 Å². The second-order valence-electron chi connectivity index (χ2n) is 4.71. The van der Waals surface area contributed by atoms with Crippen molar-refractivity contribution in [2.75, 3.05) is 14.2 Å². The van der Waals surface area contributed by atoms with E-state index in [1.165, 1.54) is 0 Å². The predicted molar refractivity (Wildman–Crippen MR) is 74.5 cm³/mol. The molecule has 0 aromatic heterocycles. The molecule has 5 heteroatoms. The zero-order valence-corrected chi connectivity index (χ0v) is 11.9. The highest BCUT2D eigenvalue weighted by atomic mass is 16.5. The van der Waals surface area contributed by atoms with Gasteiger partial charge in [-0.25, -0.2) is 0 Å². The number of ether oxygens (including phenoxy) is 1. The van der Waals surface area contributed by atoms with E-state index in [0.29, 0.717) is 0 Å². The lowest BCUT2D eigenvalue weighted by molar-refractivity contribution is -0.137. The van der Waals surface area contributed by atoms with E-state index in [1.54, 1.807) is 14.2 Å². The molecule has 0 fully saturated rings. The first-order valence-corrected chi connectivity index (χ1v) is 6.20. The van der Waals surface area contributed by atoms with Crippen LogP contribution < -0.4 is 15.8 Å². The summed E-state index contributed by atoms with van der Waals surface area (Å²) in [6.07, 6.45) is -0.0956. The lowest BCUT2D eigenvalue weighted by atomic mass is 9.93. The molecule has 0 amide bonds. The fourth-order valence-electron chi connectivity index (χ4n) is 2.15. The van der Waals surface area contributed by atoms with Crippen LogP contribution >= 0.6 is 0 Å². The lowest BCUT2D eigenvalue weighted by Crippen LogP contribution is -2.38. The van der Waals surface area contributed by atoms with E-state index >= 15 is 0 Å². The average molecular weight is 266 g/mol. The van der Waals surface area contributed by atoms with Crippen LogP contribution in [0.1, 0.15) is 29.2 Å². The van der Waals surface area contributed by atoms with E-state index < -0.39 is 12.0 Å². The second-order valence-corrected chi connectivity index (χ2v) is 4.71. The number of hydrogen-bond donors (Lipinski definition) is 3. The molecule has 4 N–H and O–H groups in total. The Hall–Kier alpha value is -1.59. The minimum absolute atomic E-state index is 0.0956. The van der Waals surface area contributed by atoms with Gasteiger partial charge in [0.25, 0.3) is 0 Å². The lowest BCUT2D eigenvalue weighted by Gasteiger charge is -2.25. The van der Waals surface area contributed by atoms with Gasteiger partial charge in [0.15, 0.2) is 0 Å². The van der Waals surface area contributed by atoms with Gasteiger partial charge in [-0.1, -0.05) is 6.07 Å². The summed E-state index contributed by atoms with van der Waals surface area (Å²) in [6, 6.07) is 3.17. The normalized spacial score (nSPS) is 13.9. The molecule has 0 aliphatic carbocycles. The SMILES string of the molecule is CNC(c1cc(C)c(C)cc1OC)C(N)CC(=O)O. The van der Waals surface area contributed by atoms with E-state index in [2.05, 4.69) is 5.32 Å². The van der Waals surface area contributed by atoms with Gasteiger partial charge in [-0.2, -0.15) is 0 Å². The van der Waals surface area contributed by atoms with Crippen LogP contribution in [0.15, 0.2) is 12.1 Å². The molecule has 106 valence electrons. The highest BCUT2D eigenvalue weighted by Crippen LogP contribution is 2.30. The van der Waals surface area contributed by atoms with Crippen molar-refractivity contribution >= 4 is 5.97 Å². The second kappa shape index (κ2) is 6.54. The molecule has 0 aliphatic rings. The fourth-order valence-corrected chi connectivity index (χ4v) is 2.15. The summed E-state index contributed by atoms with van der Waals surface area (Å²) < 4.78 is 5.38. The summed E-state index contributed by atoms with van der Waals surface area (Å²) >= 11 is 0. The van der Waals surface area contributed by atoms with Gasteiger partial charge in [-0.15, -0.1) is 0 Å². The Labute approximate surface area is 113 Å². The molecule has 1 aromatic carbocycles. The van der Waals surface area contributed by atoms with Gasteiger partial charge in [-0.3, -0.25) is 4.79 Å². The predicted octanol–water partition coefficient (Wildman–Crippen LogP) is 1.37. The third-order valence-corrected chi connectivity index (χ3v) is 3.33. The molecule has 2 unspecified atom stereocenters. The van der Waals surface area contributed by atoms with Gasteiger partial charge in [0.1, 0.15) is 5.75 Å². The number of nitrogens with one attached hydrogen (secondary N) is 1. The number of aryl methyl sites for hydroxylation is 2. The van der Waals surface area contributed by atoms with Crippen molar-refractivity contribution in [3.8, 4) is 5.75 Å². The van der Waals surface area contributed by atoms with Crippen molar-refractivity contribution in [1.82, 2.24) is 5.32 Å². The maximum atomic E-state index is 10.8. The van der Waals surface area contributed by atoms with Crippen LogP contribution in [-0.4, -0.2) is 31.3 Å². The number of carboxylic acids is 1. The van der Waals surface area contributed by atoms with Crippen LogP contribution in [0.25, 0.3) is 0 Å². The smallest absolute Gasteiger partial charge is 0.304 e. The molecule has 0 bridgehead atoms. The Morgan fingerprint density at radius 2 is 2.00 bits per heavy atom. The highest BCUT2D eigenvalue weighted by Gasteiger charge is 2.24. The molecule has 19 heavy (non-hydrogen) atoms. The molecular formula is C14H22N2O3. The third-order valence-electron chi connectivity index (χ3n) is 3.33. The molecule has 0 aliphatic heterocycles. The summed E-state index contributed by atoms with van der Waals surface area (Å²) in [5, 5.41) is 11.9. The number of methoxy groups -OCH3 is 1. The maximum Gasteiger partial charge on any atom is 0.304 e. The van der Waals surface area contributed by atoms with Crippen LogP contribution in [-0.2, 0) is 4.79 Å². The number of likely N-dealkylation sites (N-methyl/N-ethyl adjacent to an activating group) is 1. The van der Waals surface area contributed by atoms with Crippen LogP contribution in [0.2, 0.25) is 0 Å². The number of benzene rings is 1. The Morgan fingerprint density at radius 3 is 2.47 bits per heavy atom. The van der Waals surface area contributed by atoms with Crippen molar-refractivity contribution in [3.05, 3.63) is 28.8 Å². The van der Waals surface area contributed by atoms with Gasteiger partial charge in [0.05, 0.1) is 19.6 Å². The van der Waals surface area contributed by atoms with Crippen molar-refractivity contribution in [2.24, 2.45) is 5.73 Å². The Bertz CT molecular complexity index is 460. The van der Waals surface area contributed by atoms with Crippen LogP contribution in [0, 0.1) is 13.8 Å². The van der Waals surface area contributed by atoms with E-state index in [0.717, 1.165) is 22.4 Å². The Balaban J connectivity index is 3.16. The number of carbonyl (C=O) groups is 1. The number of rotatable bonds is 6. The van der Waals surface area contributed by atoms with Gasteiger partial charge in [0, 0.05) is 11.6 Å². The minimum atomic E-state index is -0.907. The van der Waals surface area contributed by atoms with Crippen molar-refractivity contribution in [2.45, 2.75) is 32.4 Å². The topological polar surface area (TPSA) is 84.6 Å². The van der Waals surface area contributed by atoms with Crippen molar-refractivity contribution in [1.29, 1.82) is 0 Å². The largest absolute Gasteiger partial charge is 0.496 e. The summed E-state index contributed by atoms with van der Waals surface area (Å²) in [5.41, 5.74) is 9.12. The maximum absolute atomic E-state index is 10.8. The summed E-state index contributed by atoms with van der Waals surface area (Å²) in [5.74, 6) is -0.182. The Morgan fingerprint density at radius 1 is 1.42 bits per heavy atom. The first-order chi connectivity index (χ1) is 8.90. The molecule has 5 nitrogen and oxygen atoms in total. The molecule has 0 spiro atoms. The molecular weight excluding hydrogens is 244 g/mol. The standard InChI is InChI=1S/C14H22N2O3/c1-8-5-10(12(19-4)6-9(8)2)14(16-3)11(15)7-13(17)18/h5-6,11,14,16H,7,15H2,1-4H3,(H,17,18). The van der Waals surface area contributed by atoms with Crippen molar-refractivity contribution in [3.63, 3.8) is 0 Å². The Kier molecular flexibility index (Phi) is 5.32. The van der Waals surface area contributed by atoms with Crippen LogP contribution in [0.5, 0.6) is 5.75 Å². The minimum Gasteiger partial charge on any atom is -0.496 e. The van der Waals surface area contributed by atoms with Gasteiger partial charge in [-0.05, 0) is 38.1 Å². The monoisotopic (exact) mass is 266 g/mol. The summed E-state index contributed by atoms with van der Waals surface area (Å²) in [4.78, 5) is 10.8. The zero-order valence-electron chi connectivity index (χ0n) is 11.9. The molecule has 0 saturated carbocycles. The average Bonchev–Trinajstić information content (AvgIpc) is 2.33. The summed E-state index contributed by atoms with van der Waals surface area (Å²) in [6.45, 7) is 4.01.